The Bertz CT molecular complexity index is 2160. The van der Waals surface area contributed by atoms with E-state index >= 15 is 0 Å². The average molecular weight is 696 g/mol. The second-order valence-corrected chi connectivity index (χ2v) is 13.6. The summed E-state index contributed by atoms with van der Waals surface area (Å²) < 4.78 is 23.4. The highest BCUT2D eigenvalue weighted by molar-refractivity contribution is 6.21. The van der Waals surface area contributed by atoms with Crippen LogP contribution in [0.15, 0.2) is 24.3 Å². The van der Waals surface area contributed by atoms with Gasteiger partial charge < -0.3 is 24.1 Å². The van der Waals surface area contributed by atoms with Gasteiger partial charge in [-0.2, -0.15) is 5.26 Å². The van der Waals surface area contributed by atoms with E-state index in [1.54, 1.807) is 6.92 Å². The van der Waals surface area contributed by atoms with Crippen LogP contribution in [0.2, 0.25) is 0 Å². The maximum atomic E-state index is 14.0. The molecule has 51 heavy (non-hydrogen) atoms. The minimum absolute atomic E-state index is 0.00970. The Morgan fingerprint density at radius 1 is 1.08 bits per heavy atom. The Morgan fingerprint density at radius 3 is 2.49 bits per heavy atom. The summed E-state index contributed by atoms with van der Waals surface area (Å²) in [4.78, 5) is 56.5. The van der Waals surface area contributed by atoms with Gasteiger partial charge in [0.2, 0.25) is 6.79 Å². The van der Waals surface area contributed by atoms with Gasteiger partial charge in [0.25, 0.3) is 17.5 Å². The molecule has 5 heterocycles. The zero-order valence-electron chi connectivity index (χ0n) is 28.4. The number of nitro benzene ring substituents is 1. The lowest BCUT2D eigenvalue weighted by molar-refractivity contribution is -0.384. The Morgan fingerprint density at radius 2 is 1.80 bits per heavy atom. The number of ether oxygens (including phenoxy) is 4. The minimum atomic E-state index is -0.888. The molecule has 8 rings (SSSR count). The van der Waals surface area contributed by atoms with Crippen molar-refractivity contribution < 1.29 is 43.4 Å². The summed E-state index contributed by atoms with van der Waals surface area (Å²) in [5, 5.41) is 34.2. The number of hydrogen-bond donors (Lipinski definition) is 1. The number of phenolic OH excluding ortho intramolecular Hbond substituents is 1. The van der Waals surface area contributed by atoms with Crippen molar-refractivity contribution in [3.05, 3.63) is 78.9 Å². The number of likely N-dealkylation sites (N-methyl/N-ethyl adjacent to an activating group) is 1. The van der Waals surface area contributed by atoms with Gasteiger partial charge in [-0.25, -0.2) is 0 Å². The first-order valence-electron chi connectivity index (χ1n) is 16.4. The fraction of sp³-hybridized carbons (Fsp3) is 0.389. The minimum Gasteiger partial charge on any atom is -0.504 e. The second-order valence-electron chi connectivity index (χ2n) is 13.6. The lowest BCUT2D eigenvalue weighted by Crippen LogP contribution is -2.68. The molecular formula is C36H33N5O10. The number of imide groups is 1. The van der Waals surface area contributed by atoms with Gasteiger partial charge in [-0.1, -0.05) is 6.07 Å². The number of aromatic hydroxyl groups is 1. The molecule has 1 saturated heterocycles. The molecule has 1 N–H and O–H groups in total. The molecule has 3 aromatic carbocycles. The lowest BCUT2D eigenvalue weighted by atomic mass is 9.71. The number of nitrogens with zero attached hydrogens (tertiary/aromatic N) is 5. The Balaban J connectivity index is 1.36. The number of methoxy groups -OCH3 is 1. The number of hydrogen-bond acceptors (Lipinski definition) is 13. The van der Waals surface area contributed by atoms with Crippen molar-refractivity contribution in [2.24, 2.45) is 0 Å². The van der Waals surface area contributed by atoms with Crippen molar-refractivity contribution in [3.8, 4) is 34.8 Å². The third-order valence-corrected chi connectivity index (χ3v) is 11.0. The smallest absolute Gasteiger partial charge is 0.308 e. The van der Waals surface area contributed by atoms with E-state index in [0.29, 0.717) is 45.9 Å². The van der Waals surface area contributed by atoms with E-state index in [0.717, 1.165) is 22.1 Å². The van der Waals surface area contributed by atoms with Crippen LogP contribution < -0.4 is 18.9 Å². The van der Waals surface area contributed by atoms with Crippen molar-refractivity contribution in [1.82, 2.24) is 14.7 Å². The van der Waals surface area contributed by atoms with Crippen molar-refractivity contribution in [1.29, 1.82) is 5.26 Å². The van der Waals surface area contributed by atoms with Gasteiger partial charge in [-0.05, 0) is 50.9 Å². The highest BCUT2D eigenvalue weighted by Crippen LogP contribution is 2.58. The molecule has 15 heteroatoms. The number of piperazine rings is 1. The van der Waals surface area contributed by atoms with Crippen LogP contribution >= 0.6 is 0 Å². The van der Waals surface area contributed by atoms with Crippen LogP contribution in [-0.4, -0.2) is 88.1 Å². The molecule has 3 aromatic rings. The Kier molecular flexibility index (Phi) is 7.26. The molecule has 2 amide bonds. The molecule has 0 unspecified atom stereocenters. The predicted octanol–water partition coefficient (Wildman–Crippen LogP) is 3.65. The Labute approximate surface area is 291 Å². The van der Waals surface area contributed by atoms with Crippen molar-refractivity contribution >= 4 is 23.5 Å². The summed E-state index contributed by atoms with van der Waals surface area (Å²) in [7, 11) is 3.40. The molecule has 0 spiro atoms. The number of esters is 1. The number of benzene rings is 3. The summed E-state index contributed by atoms with van der Waals surface area (Å²) in [6.45, 7) is 4.49. The highest BCUT2D eigenvalue weighted by Gasteiger charge is 2.57. The van der Waals surface area contributed by atoms with Crippen LogP contribution in [0, 0.1) is 35.3 Å². The zero-order chi connectivity index (χ0) is 36.2. The fourth-order valence-electron chi connectivity index (χ4n) is 9.02. The van der Waals surface area contributed by atoms with Crippen LogP contribution in [-0.2, 0) is 17.6 Å². The standard InChI is InChI=1S/C36H33N5O10/c1-15-8-18-9-23-25(12-37)40-24(29(38(23)4)27(18)30(43)31(15)48-5)11-22-28(34-33(49-14-50-34)16(2)32(22)51-17(3)42)26(40)13-39-35(44)20-7-6-19(41(46)47)10-21(20)36(39)45/h6-8,10,23-26,29,43H,9,11,13-14H2,1-5H3/t23-,24-,25-,26-,29+/m0/s1. The first-order valence-corrected chi connectivity index (χ1v) is 16.4. The predicted molar refractivity (Wildman–Crippen MR) is 176 cm³/mol. The van der Waals surface area contributed by atoms with Crippen molar-refractivity contribution in [3.63, 3.8) is 0 Å². The number of amides is 2. The third-order valence-electron chi connectivity index (χ3n) is 11.0. The van der Waals surface area contributed by atoms with E-state index in [2.05, 4.69) is 11.0 Å². The van der Waals surface area contributed by atoms with Gasteiger partial charge in [0.1, 0.15) is 11.8 Å². The van der Waals surface area contributed by atoms with E-state index in [9.17, 15) is 34.9 Å². The molecule has 5 aliphatic rings. The van der Waals surface area contributed by atoms with Crippen LogP contribution in [0.5, 0.6) is 28.7 Å². The zero-order valence-corrected chi connectivity index (χ0v) is 28.4. The van der Waals surface area contributed by atoms with Crippen LogP contribution in [0.4, 0.5) is 5.69 Å². The third kappa shape index (κ3) is 4.46. The monoisotopic (exact) mass is 695 g/mol. The maximum Gasteiger partial charge on any atom is 0.308 e. The normalized spacial score (nSPS) is 24.3. The van der Waals surface area contributed by atoms with Crippen LogP contribution in [0.3, 0.4) is 0 Å². The first-order chi connectivity index (χ1) is 24.4. The number of nitro groups is 1. The van der Waals surface area contributed by atoms with Gasteiger partial charge >= 0.3 is 5.97 Å². The van der Waals surface area contributed by atoms with E-state index in [1.165, 1.54) is 26.2 Å². The second kappa shape index (κ2) is 11.4. The molecule has 15 nitrogen and oxygen atoms in total. The summed E-state index contributed by atoms with van der Waals surface area (Å²) in [6, 6.07) is 4.94. The topological polar surface area (TPSA) is 185 Å². The molecule has 262 valence electrons. The number of aryl methyl sites for hydroxylation is 1. The number of phenols is 1. The highest BCUT2D eigenvalue weighted by atomic mass is 16.7. The molecule has 0 aromatic heterocycles. The van der Waals surface area contributed by atoms with Gasteiger partial charge in [0.05, 0.1) is 41.3 Å². The first kappa shape index (κ1) is 32.5. The molecule has 0 aliphatic carbocycles. The lowest BCUT2D eigenvalue weighted by Gasteiger charge is -2.60. The van der Waals surface area contributed by atoms with E-state index in [-0.39, 0.29) is 54.1 Å². The number of rotatable bonds is 5. The van der Waals surface area contributed by atoms with Crippen molar-refractivity contribution in [2.75, 3.05) is 27.5 Å². The molecule has 5 aliphatic heterocycles. The fourth-order valence-corrected chi connectivity index (χ4v) is 9.02. The van der Waals surface area contributed by atoms with Gasteiger partial charge in [-0.3, -0.25) is 39.2 Å². The molecule has 2 bridgehead atoms. The summed E-state index contributed by atoms with van der Waals surface area (Å²) in [5.74, 6) is -0.643. The van der Waals surface area contributed by atoms with Crippen LogP contribution in [0.1, 0.15) is 73.1 Å². The number of carbonyl (C=O) groups excluding carboxylic acids is 3. The summed E-state index contributed by atoms with van der Waals surface area (Å²) >= 11 is 0. The van der Waals surface area contributed by atoms with Gasteiger partial charge in [-0.15, -0.1) is 0 Å². The molecule has 1 fully saturated rings. The summed E-state index contributed by atoms with van der Waals surface area (Å²) in [6.07, 6.45) is 0.651. The van der Waals surface area contributed by atoms with E-state index in [4.69, 9.17) is 18.9 Å². The number of fused-ring (bicyclic) bond motifs is 10. The Hall–Kier alpha value is -5.72. The molecule has 0 saturated carbocycles. The van der Waals surface area contributed by atoms with Crippen molar-refractivity contribution in [2.45, 2.75) is 63.8 Å². The quantitative estimate of drug-likeness (QED) is 0.134. The largest absolute Gasteiger partial charge is 0.504 e. The van der Waals surface area contributed by atoms with E-state index < -0.39 is 46.9 Å². The summed E-state index contributed by atoms with van der Waals surface area (Å²) in [5.41, 5.74) is 3.50. The van der Waals surface area contributed by atoms with E-state index in [1.807, 2.05) is 24.9 Å². The molecule has 0 radical (unpaired) electrons. The van der Waals surface area contributed by atoms with Crippen LogP contribution in [0.25, 0.3) is 0 Å². The van der Waals surface area contributed by atoms with Gasteiger partial charge in [0.15, 0.2) is 23.0 Å². The average Bonchev–Trinajstić information content (AvgIpc) is 3.67. The number of carbonyl (C=O) groups is 3. The number of nitriles is 1. The van der Waals surface area contributed by atoms with Gasteiger partial charge in [0, 0.05) is 59.9 Å². The number of non-ortho nitro benzene ring substituents is 1. The SMILES string of the molecule is COc1c(C)cc2c(c1O)[C@H]1[C@@H]3Cc4c(OC(C)=O)c(C)c5c(c4[C@H](CN4C(=O)c6ccc([N+](=O)[O-])cc6C4=O)N3[C@@H](C#N)[C@H](C2)N1C)OCO5. The molecular weight excluding hydrogens is 662 g/mol. The molecule has 5 atom stereocenters. The maximum absolute atomic E-state index is 14.0.